The van der Waals surface area contributed by atoms with Crippen LogP contribution in [0.1, 0.15) is 42.1 Å². The van der Waals surface area contributed by atoms with Crippen LogP contribution in [-0.2, 0) is 5.41 Å². The van der Waals surface area contributed by atoms with Crippen molar-refractivity contribution in [1.82, 2.24) is 4.98 Å². The number of alkyl halides is 3. The molecule has 2 aromatic carbocycles. The summed E-state index contributed by atoms with van der Waals surface area (Å²) in [4.78, 5) is 4.44. The molecule has 1 heterocycles. The molecule has 5 rings (SSSR count). The van der Waals surface area contributed by atoms with Crippen LogP contribution in [0.2, 0.25) is 5.02 Å². The summed E-state index contributed by atoms with van der Waals surface area (Å²) in [5, 5.41) is 25.4. The van der Waals surface area contributed by atoms with Crippen LogP contribution in [0.4, 0.5) is 18.9 Å². The molecule has 1 spiro atoms. The Bertz CT molecular complexity index is 1210. The lowest BCUT2D eigenvalue weighted by molar-refractivity contribution is -0.274. The summed E-state index contributed by atoms with van der Waals surface area (Å²) in [6, 6.07) is 10.0. The number of benzene rings is 2. The molecule has 1 saturated carbocycles. The predicted octanol–water partition coefficient (Wildman–Crippen LogP) is 5.78. The fraction of sp³-hybridized carbons (Fsp3) is 0.348. The Morgan fingerprint density at radius 1 is 1.13 bits per heavy atom. The second kappa shape index (κ2) is 6.50. The molecule has 0 aliphatic heterocycles. The standard InChI is InChI=1S/C23H20ClF3N2O2/c1-12-5-6-13-16(28-12)3-2-4-17(13)29-20-14-7-8-15(24)19(30)18(14)21(9-10-21)11-22(20,31)23(25,26)27/h2-8,20,29-31H,9-11H2,1H3. The van der Waals surface area contributed by atoms with E-state index in [0.29, 0.717) is 35.0 Å². The van der Waals surface area contributed by atoms with Crippen LogP contribution in [-0.4, -0.2) is 27.0 Å². The molecule has 2 atom stereocenters. The molecule has 1 aromatic heterocycles. The van der Waals surface area contributed by atoms with Crippen LogP contribution < -0.4 is 5.32 Å². The van der Waals surface area contributed by atoms with Crippen LogP contribution in [0.5, 0.6) is 5.75 Å². The Morgan fingerprint density at radius 2 is 1.87 bits per heavy atom. The number of anilines is 1. The third-order valence-corrected chi connectivity index (χ3v) is 6.91. The van der Waals surface area contributed by atoms with Gasteiger partial charge in [-0.1, -0.05) is 23.7 Å². The second-order valence-electron chi connectivity index (χ2n) is 8.64. The van der Waals surface area contributed by atoms with Crippen molar-refractivity contribution in [3.63, 3.8) is 0 Å². The van der Waals surface area contributed by atoms with Gasteiger partial charge in [0.1, 0.15) is 5.75 Å². The number of fused-ring (bicyclic) bond motifs is 3. The number of hydrogen-bond donors (Lipinski definition) is 3. The van der Waals surface area contributed by atoms with Crippen molar-refractivity contribution < 1.29 is 23.4 Å². The van der Waals surface area contributed by atoms with Crippen molar-refractivity contribution in [3.8, 4) is 5.75 Å². The zero-order chi connectivity index (χ0) is 22.2. The smallest absolute Gasteiger partial charge is 0.419 e. The highest BCUT2D eigenvalue weighted by atomic mass is 35.5. The number of nitrogens with one attached hydrogen (secondary N) is 1. The minimum absolute atomic E-state index is 0.0889. The average Bonchev–Trinajstić information content (AvgIpc) is 3.45. The molecule has 31 heavy (non-hydrogen) atoms. The van der Waals surface area contributed by atoms with Gasteiger partial charge in [-0.15, -0.1) is 0 Å². The first-order valence-corrected chi connectivity index (χ1v) is 10.4. The Hall–Kier alpha value is -2.51. The van der Waals surface area contributed by atoms with E-state index in [1.807, 2.05) is 6.92 Å². The fourth-order valence-corrected chi connectivity index (χ4v) is 5.08. The average molecular weight is 449 g/mol. The number of pyridine rings is 1. The van der Waals surface area contributed by atoms with E-state index < -0.39 is 29.7 Å². The van der Waals surface area contributed by atoms with Crippen LogP contribution >= 0.6 is 11.6 Å². The lowest BCUT2D eigenvalue weighted by Crippen LogP contribution is -2.57. The van der Waals surface area contributed by atoms with Gasteiger partial charge in [0.05, 0.1) is 16.6 Å². The predicted molar refractivity (Wildman–Crippen MR) is 112 cm³/mol. The van der Waals surface area contributed by atoms with Gasteiger partial charge in [-0.05, 0) is 62.1 Å². The molecule has 2 aliphatic carbocycles. The highest BCUT2D eigenvalue weighted by Gasteiger charge is 2.68. The number of phenols is 1. The van der Waals surface area contributed by atoms with Gasteiger partial charge in [-0.3, -0.25) is 4.98 Å². The van der Waals surface area contributed by atoms with Gasteiger partial charge >= 0.3 is 6.18 Å². The van der Waals surface area contributed by atoms with Crippen molar-refractivity contribution in [2.24, 2.45) is 0 Å². The molecule has 1 fully saturated rings. The summed E-state index contributed by atoms with van der Waals surface area (Å²) in [6.07, 6.45) is -4.51. The number of nitrogens with zero attached hydrogens (tertiary/aromatic N) is 1. The van der Waals surface area contributed by atoms with Gasteiger partial charge in [-0.25, -0.2) is 0 Å². The number of aliphatic hydroxyl groups is 1. The van der Waals surface area contributed by atoms with Crippen LogP contribution in [0.3, 0.4) is 0 Å². The summed E-state index contributed by atoms with van der Waals surface area (Å²) < 4.78 is 42.9. The first kappa shape index (κ1) is 20.4. The summed E-state index contributed by atoms with van der Waals surface area (Å²) >= 11 is 6.10. The van der Waals surface area contributed by atoms with E-state index in [1.165, 1.54) is 12.1 Å². The van der Waals surface area contributed by atoms with Gasteiger partial charge in [0.2, 0.25) is 0 Å². The number of aromatic nitrogens is 1. The van der Waals surface area contributed by atoms with E-state index in [-0.39, 0.29) is 16.3 Å². The van der Waals surface area contributed by atoms with Gasteiger partial charge in [0.25, 0.3) is 0 Å². The molecule has 0 saturated heterocycles. The SMILES string of the molecule is Cc1ccc2c(NC3c4ccc(Cl)c(O)c4C4(CC4)CC3(O)C(F)(F)F)cccc2n1. The maximum atomic E-state index is 14.3. The number of phenolic OH excluding ortho intramolecular Hbond substituents is 1. The maximum absolute atomic E-state index is 14.3. The monoisotopic (exact) mass is 448 g/mol. The minimum atomic E-state index is -4.88. The number of hydrogen-bond acceptors (Lipinski definition) is 4. The molecule has 3 aromatic rings. The molecule has 0 radical (unpaired) electrons. The summed E-state index contributed by atoms with van der Waals surface area (Å²) in [5.74, 6) is -0.206. The fourth-order valence-electron chi connectivity index (χ4n) is 4.92. The lowest BCUT2D eigenvalue weighted by Gasteiger charge is -2.46. The third kappa shape index (κ3) is 2.97. The Labute approximate surface area is 181 Å². The molecular weight excluding hydrogens is 429 g/mol. The van der Waals surface area contributed by atoms with E-state index >= 15 is 0 Å². The molecule has 162 valence electrons. The number of rotatable bonds is 2. The van der Waals surface area contributed by atoms with Crippen molar-refractivity contribution in [2.75, 3.05) is 5.32 Å². The van der Waals surface area contributed by atoms with Crippen molar-refractivity contribution >= 4 is 28.2 Å². The number of aryl methyl sites for hydroxylation is 1. The van der Waals surface area contributed by atoms with E-state index in [0.717, 1.165) is 5.69 Å². The van der Waals surface area contributed by atoms with Crippen LogP contribution in [0.25, 0.3) is 10.9 Å². The molecule has 8 heteroatoms. The topological polar surface area (TPSA) is 65.4 Å². The largest absolute Gasteiger partial charge is 0.506 e. The summed E-state index contributed by atoms with van der Waals surface area (Å²) in [5.41, 5.74) is -1.49. The number of aromatic hydroxyl groups is 1. The number of halogens is 4. The molecule has 2 unspecified atom stereocenters. The van der Waals surface area contributed by atoms with E-state index in [2.05, 4.69) is 10.3 Å². The lowest BCUT2D eigenvalue weighted by atomic mass is 9.68. The van der Waals surface area contributed by atoms with Crippen LogP contribution in [0.15, 0.2) is 42.5 Å². The Kier molecular flexibility index (Phi) is 4.27. The van der Waals surface area contributed by atoms with Gasteiger partial charge in [0, 0.05) is 27.7 Å². The zero-order valence-corrected chi connectivity index (χ0v) is 17.3. The van der Waals surface area contributed by atoms with E-state index in [4.69, 9.17) is 11.6 Å². The van der Waals surface area contributed by atoms with Crippen molar-refractivity contribution in [2.45, 2.75) is 49.4 Å². The quantitative estimate of drug-likeness (QED) is 0.464. The zero-order valence-electron chi connectivity index (χ0n) is 16.6. The Morgan fingerprint density at radius 3 is 2.55 bits per heavy atom. The molecule has 2 aliphatic rings. The van der Waals surface area contributed by atoms with Gasteiger partial charge in [-0.2, -0.15) is 13.2 Å². The summed E-state index contributed by atoms with van der Waals surface area (Å²) in [7, 11) is 0. The van der Waals surface area contributed by atoms with Gasteiger partial charge < -0.3 is 15.5 Å². The normalized spacial score (nSPS) is 24.3. The van der Waals surface area contributed by atoms with Crippen molar-refractivity contribution in [3.05, 3.63) is 64.3 Å². The Balaban J connectivity index is 1.72. The van der Waals surface area contributed by atoms with E-state index in [1.54, 1.807) is 30.3 Å². The van der Waals surface area contributed by atoms with Crippen molar-refractivity contribution in [1.29, 1.82) is 0 Å². The second-order valence-corrected chi connectivity index (χ2v) is 9.05. The molecule has 0 amide bonds. The first-order valence-electron chi connectivity index (χ1n) is 10.00. The molecule has 0 bridgehead atoms. The minimum Gasteiger partial charge on any atom is -0.506 e. The highest BCUT2D eigenvalue weighted by molar-refractivity contribution is 6.32. The van der Waals surface area contributed by atoms with Crippen LogP contribution in [0, 0.1) is 6.92 Å². The summed E-state index contributed by atoms with van der Waals surface area (Å²) in [6.45, 7) is 1.83. The van der Waals surface area contributed by atoms with Gasteiger partial charge in [0.15, 0.2) is 5.60 Å². The van der Waals surface area contributed by atoms with E-state index in [9.17, 15) is 23.4 Å². The maximum Gasteiger partial charge on any atom is 0.419 e. The highest BCUT2D eigenvalue weighted by Crippen LogP contribution is 2.65. The molecule has 3 N–H and O–H groups in total. The third-order valence-electron chi connectivity index (χ3n) is 6.60. The first-order chi connectivity index (χ1) is 14.6. The molecule has 4 nitrogen and oxygen atoms in total. The molecular formula is C23H20ClF3N2O2.